The van der Waals surface area contributed by atoms with Crippen LogP contribution in [0.2, 0.25) is 0 Å². The molecule has 0 saturated carbocycles. The van der Waals surface area contributed by atoms with E-state index in [0.29, 0.717) is 6.42 Å². The van der Waals surface area contributed by atoms with E-state index in [0.717, 1.165) is 21.6 Å². The van der Waals surface area contributed by atoms with E-state index in [1.807, 2.05) is 6.92 Å². The van der Waals surface area contributed by atoms with E-state index < -0.39 is 11.9 Å². The van der Waals surface area contributed by atoms with Gasteiger partial charge in [-0.3, -0.25) is 4.79 Å². The zero-order valence-electron chi connectivity index (χ0n) is 14.9. The van der Waals surface area contributed by atoms with E-state index in [4.69, 9.17) is 0 Å². The zero-order valence-corrected chi connectivity index (χ0v) is 15.7. The first-order valence-electron chi connectivity index (χ1n) is 8.00. The molecule has 1 N–H and O–H groups in total. The number of carbonyl (C=O) groups is 1. The third-order valence-electron chi connectivity index (χ3n) is 4.11. The largest absolute Gasteiger partial charge is 0.481 e. The molecule has 1 aromatic heterocycles. The summed E-state index contributed by atoms with van der Waals surface area (Å²) in [6.45, 7) is 12.5. The first-order valence-corrected chi connectivity index (χ1v) is 8.81. The summed E-state index contributed by atoms with van der Waals surface area (Å²) in [7, 11) is 0. The van der Waals surface area contributed by atoms with Crippen molar-refractivity contribution in [1.82, 2.24) is 0 Å². The van der Waals surface area contributed by atoms with Crippen molar-refractivity contribution in [3.63, 3.8) is 0 Å². The van der Waals surface area contributed by atoms with Crippen molar-refractivity contribution in [1.29, 1.82) is 0 Å². The molecule has 0 aliphatic rings. The Labute approximate surface area is 143 Å². The molecule has 2 nitrogen and oxygen atoms in total. The summed E-state index contributed by atoms with van der Waals surface area (Å²) >= 11 is 1.70. The minimum Gasteiger partial charge on any atom is -0.481 e. The van der Waals surface area contributed by atoms with Crippen LogP contribution >= 0.6 is 11.3 Å². The van der Waals surface area contributed by atoms with Gasteiger partial charge in [0.15, 0.2) is 0 Å². The molecule has 1 unspecified atom stereocenters. The number of carboxylic acids is 1. The van der Waals surface area contributed by atoms with E-state index in [1.165, 1.54) is 10.4 Å². The maximum Gasteiger partial charge on any atom is 0.311 e. The highest BCUT2D eigenvalue weighted by molar-refractivity contribution is 7.12. The van der Waals surface area contributed by atoms with Crippen LogP contribution in [-0.2, 0) is 4.79 Å². The van der Waals surface area contributed by atoms with Crippen molar-refractivity contribution in [2.24, 2.45) is 5.41 Å². The molecule has 0 saturated heterocycles. The first-order chi connectivity index (χ1) is 10.6. The van der Waals surface area contributed by atoms with Gasteiger partial charge in [0.05, 0.1) is 5.92 Å². The molecular formula is C20H26O2S. The van der Waals surface area contributed by atoms with Crippen molar-refractivity contribution < 1.29 is 9.90 Å². The van der Waals surface area contributed by atoms with Crippen LogP contribution in [0.4, 0.5) is 0 Å². The lowest BCUT2D eigenvalue weighted by Crippen LogP contribution is -2.20. The van der Waals surface area contributed by atoms with Gasteiger partial charge < -0.3 is 5.11 Å². The maximum absolute atomic E-state index is 12.0. The summed E-state index contributed by atoms with van der Waals surface area (Å²) in [6.07, 6.45) is 0.637. The van der Waals surface area contributed by atoms with Crippen molar-refractivity contribution in [2.45, 2.75) is 53.9 Å². The number of carboxylic acid groups (broad SMARTS) is 1. The Kier molecular flexibility index (Phi) is 5.00. The van der Waals surface area contributed by atoms with E-state index >= 15 is 0 Å². The van der Waals surface area contributed by atoms with Gasteiger partial charge in [-0.1, -0.05) is 50.6 Å². The topological polar surface area (TPSA) is 37.3 Å². The second kappa shape index (κ2) is 6.48. The number of rotatable bonds is 4. The Morgan fingerprint density at radius 3 is 2.13 bits per heavy atom. The van der Waals surface area contributed by atoms with Gasteiger partial charge in [0.2, 0.25) is 0 Å². The van der Waals surface area contributed by atoms with Crippen LogP contribution in [-0.4, -0.2) is 11.1 Å². The summed E-state index contributed by atoms with van der Waals surface area (Å²) in [5.74, 6) is -1.19. The Bertz CT molecular complexity index is 702. The average Bonchev–Trinajstić information content (AvgIpc) is 2.70. The van der Waals surface area contributed by atoms with Crippen LogP contribution in [0.1, 0.15) is 54.0 Å². The molecule has 1 atom stereocenters. The van der Waals surface area contributed by atoms with E-state index in [-0.39, 0.29) is 5.41 Å². The predicted molar refractivity (Wildman–Crippen MR) is 98.4 cm³/mol. The van der Waals surface area contributed by atoms with Gasteiger partial charge in [0.1, 0.15) is 0 Å². The second-order valence-corrected chi connectivity index (χ2v) is 8.95. The van der Waals surface area contributed by atoms with Gasteiger partial charge in [-0.2, -0.15) is 0 Å². The quantitative estimate of drug-likeness (QED) is 0.752. The summed E-state index contributed by atoms with van der Waals surface area (Å²) in [5.41, 5.74) is 4.41. The molecule has 0 radical (unpaired) electrons. The molecule has 0 aliphatic heterocycles. The molecule has 124 valence electrons. The van der Waals surface area contributed by atoms with Gasteiger partial charge in [-0.15, -0.1) is 11.3 Å². The Hall–Kier alpha value is -1.61. The van der Waals surface area contributed by atoms with Crippen LogP contribution < -0.4 is 0 Å². The molecule has 23 heavy (non-hydrogen) atoms. The lowest BCUT2D eigenvalue weighted by molar-refractivity contribution is -0.139. The number of hydrogen-bond donors (Lipinski definition) is 1. The molecular weight excluding hydrogens is 304 g/mol. The number of benzene rings is 1. The van der Waals surface area contributed by atoms with Gasteiger partial charge in [0, 0.05) is 9.75 Å². The number of hydrogen-bond acceptors (Lipinski definition) is 2. The van der Waals surface area contributed by atoms with Gasteiger partial charge >= 0.3 is 5.97 Å². The van der Waals surface area contributed by atoms with Crippen molar-refractivity contribution >= 4 is 17.3 Å². The lowest BCUT2D eigenvalue weighted by atomic mass is 9.79. The molecule has 1 aromatic carbocycles. The average molecular weight is 330 g/mol. The number of thiophene rings is 1. The van der Waals surface area contributed by atoms with E-state index in [2.05, 4.69) is 58.9 Å². The molecule has 0 bridgehead atoms. The second-order valence-electron chi connectivity index (χ2n) is 7.52. The highest BCUT2D eigenvalue weighted by Crippen LogP contribution is 2.43. The fraction of sp³-hybridized carbons (Fsp3) is 0.450. The fourth-order valence-electron chi connectivity index (χ4n) is 3.13. The standard InChI is InChI=1S/C20H26O2S/c1-12-7-9-15(10-8-12)17-13(2)23-14(3)18(17)16(19(21)22)11-20(4,5)6/h7-10,16H,11H2,1-6H3,(H,21,22). The Morgan fingerprint density at radius 2 is 1.65 bits per heavy atom. The molecule has 2 rings (SSSR count). The van der Waals surface area contributed by atoms with Gasteiger partial charge in [-0.25, -0.2) is 0 Å². The minimum atomic E-state index is -0.728. The number of aryl methyl sites for hydroxylation is 3. The van der Waals surface area contributed by atoms with Crippen LogP contribution in [0.15, 0.2) is 24.3 Å². The van der Waals surface area contributed by atoms with E-state index in [9.17, 15) is 9.90 Å². The summed E-state index contributed by atoms with van der Waals surface area (Å²) in [4.78, 5) is 14.3. The third-order valence-corrected chi connectivity index (χ3v) is 5.15. The van der Waals surface area contributed by atoms with Crippen LogP contribution in [0.3, 0.4) is 0 Å². The molecule has 1 heterocycles. The minimum absolute atomic E-state index is 0.0319. The van der Waals surface area contributed by atoms with Crippen molar-refractivity contribution in [3.8, 4) is 11.1 Å². The van der Waals surface area contributed by atoms with Crippen molar-refractivity contribution in [3.05, 3.63) is 45.1 Å². The normalized spacial score (nSPS) is 13.1. The molecule has 0 fully saturated rings. The van der Waals surface area contributed by atoms with Crippen LogP contribution in [0, 0.1) is 26.2 Å². The highest BCUT2D eigenvalue weighted by Gasteiger charge is 2.31. The highest BCUT2D eigenvalue weighted by atomic mass is 32.1. The number of aliphatic carboxylic acids is 1. The Balaban J connectivity index is 2.61. The third kappa shape index (κ3) is 4.03. The lowest BCUT2D eigenvalue weighted by Gasteiger charge is -2.24. The molecule has 0 amide bonds. The first kappa shape index (κ1) is 17.7. The van der Waals surface area contributed by atoms with Crippen LogP contribution in [0.25, 0.3) is 11.1 Å². The maximum atomic E-state index is 12.0. The van der Waals surface area contributed by atoms with Crippen LogP contribution in [0.5, 0.6) is 0 Å². The zero-order chi connectivity index (χ0) is 17.4. The summed E-state index contributed by atoms with van der Waals surface area (Å²) < 4.78 is 0. The van der Waals surface area contributed by atoms with Gasteiger partial charge in [-0.05, 0) is 49.3 Å². The monoisotopic (exact) mass is 330 g/mol. The predicted octanol–water partition coefficient (Wildman–Crippen LogP) is 5.94. The smallest absolute Gasteiger partial charge is 0.311 e. The summed E-state index contributed by atoms with van der Waals surface area (Å²) in [6, 6.07) is 8.38. The SMILES string of the molecule is Cc1ccc(-c2c(C)sc(C)c2C(CC(C)(C)C)C(=O)O)cc1. The molecule has 3 heteroatoms. The van der Waals surface area contributed by atoms with Gasteiger partial charge in [0.25, 0.3) is 0 Å². The molecule has 0 aliphatic carbocycles. The van der Waals surface area contributed by atoms with Crippen molar-refractivity contribution in [2.75, 3.05) is 0 Å². The van der Waals surface area contributed by atoms with E-state index in [1.54, 1.807) is 11.3 Å². The molecule has 0 spiro atoms. The molecule has 2 aromatic rings. The Morgan fingerprint density at radius 1 is 1.09 bits per heavy atom. The fourth-order valence-corrected chi connectivity index (χ4v) is 4.27. The summed E-state index contributed by atoms with van der Waals surface area (Å²) in [5, 5.41) is 9.84.